The number of carbonyl (C=O) groups excluding carboxylic acids is 1. The molecule has 1 amide bonds. The Hall–Kier alpha value is -2.11. The molecular weight excluding hydrogens is 392 g/mol. The van der Waals surface area contributed by atoms with Gasteiger partial charge < -0.3 is 4.90 Å². The molecule has 148 valence electrons. The van der Waals surface area contributed by atoms with E-state index in [1.807, 2.05) is 19.9 Å². The molecule has 0 N–H and O–H groups in total. The first-order valence-corrected chi connectivity index (χ1v) is 10.8. The molecule has 0 bridgehead atoms. The van der Waals surface area contributed by atoms with Crippen molar-refractivity contribution in [2.24, 2.45) is 0 Å². The first-order chi connectivity index (χ1) is 13.4. The van der Waals surface area contributed by atoms with Crippen molar-refractivity contribution in [1.82, 2.24) is 9.47 Å². The third kappa shape index (κ3) is 3.49. The fourth-order valence-electron chi connectivity index (χ4n) is 3.75. The highest BCUT2D eigenvalue weighted by Crippen LogP contribution is 2.36. The van der Waals surface area contributed by atoms with E-state index in [0.717, 1.165) is 43.7 Å². The van der Waals surface area contributed by atoms with Crippen molar-refractivity contribution in [1.29, 1.82) is 5.26 Å². The molecule has 1 aromatic heterocycles. The summed E-state index contributed by atoms with van der Waals surface area (Å²) < 4.78 is 2.25. The summed E-state index contributed by atoms with van der Waals surface area (Å²) in [5.74, 6) is 0.707. The van der Waals surface area contributed by atoms with Gasteiger partial charge in [0.2, 0.25) is 0 Å². The maximum atomic E-state index is 13.0. The second-order valence-corrected chi connectivity index (χ2v) is 8.60. The van der Waals surface area contributed by atoms with Crippen LogP contribution in [0.25, 0.3) is 6.08 Å². The van der Waals surface area contributed by atoms with Crippen LogP contribution in [-0.4, -0.2) is 39.3 Å². The standard InChI is InChI=1S/C20H24N4O2S2/c1-4-8-24-17(22-9-6-7-10-22)14(13(3)15(12-21)18(24)25)11-16-19(26)23(5-2)20(27)28-16/h11H,4-10H2,1-3H3. The minimum atomic E-state index is -0.248. The van der Waals surface area contributed by atoms with Crippen molar-refractivity contribution in [3.63, 3.8) is 0 Å². The predicted molar refractivity (Wildman–Crippen MR) is 117 cm³/mol. The molecular formula is C20H24N4O2S2. The number of hydrogen-bond donors (Lipinski definition) is 0. The number of aromatic nitrogens is 1. The summed E-state index contributed by atoms with van der Waals surface area (Å²) in [6.45, 7) is 8.50. The summed E-state index contributed by atoms with van der Waals surface area (Å²) in [5, 5.41) is 9.61. The fourth-order valence-corrected chi connectivity index (χ4v) is 5.11. The first-order valence-electron chi connectivity index (χ1n) is 9.62. The zero-order chi connectivity index (χ0) is 20.4. The molecule has 6 nitrogen and oxygen atoms in total. The number of thiocarbonyl (C=S) groups is 1. The van der Waals surface area contributed by atoms with Gasteiger partial charge in [-0.3, -0.25) is 19.1 Å². The Morgan fingerprint density at radius 3 is 2.46 bits per heavy atom. The highest BCUT2D eigenvalue weighted by Gasteiger charge is 2.32. The average Bonchev–Trinajstić information content (AvgIpc) is 3.28. The molecule has 0 aliphatic carbocycles. The van der Waals surface area contributed by atoms with Gasteiger partial charge in [0.25, 0.3) is 11.5 Å². The fraction of sp³-hybridized carbons (Fsp3) is 0.500. The van der Waals surface area contributed by atoms with Crippen LogP contribution in [0.15, 0.2) is 9.70 Å². The minimum Gasteiger partial charge on any atom is -0.357 e. The maximum Gasteiger partial charge on any atom is 0.270 e. The monoisotopic (exact) mass is 416 g/mol. The average molecular weight is 417 g/mol. The number of amides is 1. The number of nitriles is 1. The molecule has 2 saturated heterocycles. The van der Waals surface area contributed by atoms with E-state index in [4.69, 9.17) is 12.2 Å². The summed E-state index contributed by atoms with van der Waals surface area (Å²) in [6.07, 6.45) is 4.74. The van der Waals surface area contributed by atoms with Gasteiger partial charge in [0.15, 0.2) is 0 Å². The lowest BCUT2D eigenvalue weighted by Gasteiger charge is -2.26. The Morgan fingerprint density at radius 2 is 1.93 bits per heavy atom. The number of pyridine rings is 1. The molecule has 0 spiro atoms. The molecule has 0 aromatic carbocycles. The van der Waals surface area contributed by atoms with Gasteiger partial charge in [0, 0.05) is 31.7 Å². The number of anilines is 1. The molecule has 2 aliphatic heterocycles. The largest absolute Gasteiger partial charge is 0.357 e. The molecule has 0 radical (unpaired) electrons. The van der Waals surface area contributed by atoms with Crippen LogP contribution in [0.4, 0.5) is 5.82 Å². The Kier molecular flexibility index (Phi) is 6.26. The van der Waals surface area contributed by atoms with Crippen molar-refractivity contribution >= 4 is 46.1 Å². The third-order valence-electron chi connectivity index (χ3n) is 5.16. The van der Waals surface area contributed by atoms with Gasteiger partial charge in [0.1, 0.15) is 21.8 Å². The number of nitrogens with zero attached hydrogens (tertiary/aromatic N) is 4. The van der Waals surface area contributed by atoms with Crippen LogP contribution in [0, 0.1) is 18.3 Å². The van der Waals surface area contributed by atoms with Gasteiger partial charge >= 0.3 is 0 Å². The smallest absolute Gasteiger partial charge is 0.270 e. The Labute approximate surface area is 174 Å². The summed E-state index contributed by atoms with van der Waals surface area (Å²) >= 11 is 6.61. The van der Waals surface area contributed by atoms with E-state index in [0.29, 0.717) is 27.9 Å². The summed E-state index contributed by atoms with van der Waals surface area (Å²) in [4.78, 5) is 30.0. The van der Waals surface area contributed by atoms with Crippen LogP contribution in [0.3, 0.4) is 0 Å². The Bertz CT molecular complexity index is 952. The van der Waals surface area contributed by atoms with E-state index in [-0.39, 0.29) is 17.0 Å². The van der Waals surface area contributed by atoms with Gasteiger partial charge in [-0.25, -0.2) is 0 Å². The van der Waals surface area contributed by atoms with E-state index in [1.165, 1.54) is 11.8 Å². The highest BCUT2D eigenvalue weighted by atomic mass is 32.2. The Morgan fingerprint density at radius 1 is 1.25 bits per heavy atom. The number of rotatable bonds is 5. The van der Waals surface area contributed by atoms with Gasteiger partial charge in [-0.2, -0.15) is 5.26 Å². The molecule has 3 heterocycles. The van der Waals surface area contributed by atoms with Crippen molar-refractivity contribution in [2.75, 3.05) is 24.5 Å². The quantitative estimate of drug-likeness (QED) is 0.542. The van der Waals surface area contributed by atoms with Crippen LogP contribution < -0.4 is 10.5 Å². The van der Waals surface area contributed by atoms with Crippen LogP contribution in [0.5, 0.6) is 0 Å². The maximum absolute atomic E-state index is 13.0. The zero-order valence-electron chi connectivity index (χ0n) is 16.4. The topological polar surface area (TPSA) is 69.3 Å². The molecule has 2 aliphatic rings. The predicted octanol–water partition coefficient (Wildman–Crippen LogP) is 3.26. The molecule has 2 fully saturated rings. The number of thioether (sulfide) groups is 1. The lowest BCUT2D eigenvalue weighted by Crippen LogP contribution is -2.33. The van der Waals surface area contributed by atoms with Gasteiger partial charge in [-0.1, -0.05) is 30.9 Å². The molecule has 3 rings (SSSR count). The van der Waals surface area contributed by atoms with E-state index in [9.17, 15) is 14.9 Å². The molecule has 1 aromatic rings. The summed E-state index contributed by atoms with van der Waals surface area (Å²) in [5.41, 5.74) is 1.31. The zero-order valence-corrected chi connectivity index (χ0v) is 18.1. The second kappa shape index (κ2) is 8.50. The van der Waals surface area contributed by atoms with Crippen molar-refractivity contribution in [3.8, 4) is 6.07 Å². The lowest BCUT2D eigenvalue weighted by molar-refractivity contribution is -0.121. The van der Waals surface area contributed by atoms with Crippen LogP contribution in [0.1, 0.15) is 49.8 Å². The first kappa shape index (κ1) is 20.6. The SMILES string of the molecule is CCCn1c(N2CCCC2)c(C=C2SC(=S)N(CC)C2=O)c(C)c(C#N)c1=O. The second-order valence-electron chi connectivity index (χ2n) is 6.93. The molecule has 0 unspecified atom stereocenters. The minimum absolute atomic E-state index is 0.115. The summed E-state index contributed by atoms with van der Waals surface area (Å²) in [6, 6.07) is 2.08. The van der Waals surface area contributed by atoms with E-state index < -0.39 is 0 Å². The van der Waals surface area contributed by atoms with E-state index in [2.05, 4.69) is 11.0 Å². The van der Waals surface area contributed by atoms with Gasteiger partial charge in [-0.15, -0.1) is 0 Å². The molecule has 8 heteroatoms. The number of likely N-dealkylation sites (N-methyl/N-ethyl adjacent to an activating group) is 1. The van der Waals surface area contributed by atoms with Crippen molar-refractivity contribution in [2.45, 2.75) is 46.6 Å². The number of carbonyl (C=O) groups is 1. The summed E-state index contributed by atoms with van der Waals surface area (Å²) in [7, 11) is 0. The normalized spacial score (nSPS) is 18.4. The van der Waals surface area contributed by atoms with Crippen molar-refractivity contribution in [3.05, 3.63) is 31.9 Å². The number of hydrogen-bond acceptors (Lipinski definition) is 6. The molecule has 28 heavy (non-hydrogen) atoms. The molecule has 0 atom stereocenters. The van der Waals surface area contributed by atoms with Crippen LogP contribution in [0.2, 0.25) is 0 Å². The molecule has 0 saturated carbocycles. The van der Waals surface area contributed by atoms with Gasteiger partial charge in [-0.05, 0) is 44.7 Å². The van der Waals surface area contributed by atoms with Gasteiger partial charge in [0.05, 0.1) is 4.91 Å². The van der Waals surface area contributed by atoms with E-state index in [1.54, 1.807) is 16.4 Å². The van der Waals surface area contributed by atoms with Crippen molar-refractivity contribution < 1.29 is 4.79 Å². The van der Waals surface area contributed by atoms with Crippen LogP contribution in [-0.2, 0) is 11.3 Å². The van der Waals surface area contributed by atoms with E-state index >= 15 is 0 Å². The lowest BCUT2D eigenvalue weighted by atomic mass is 10.0. The third-order valence-corrected chi connectivity index (χ3v) is 6.54. The Balaban J connectivity index is 2.27. The van der Waals surface area contributed by atoms with Crippen LogP contribution >= 0.6 is 24.0 Å². The highest BCUT2D eigenvalue weighted by molar-refractivity contribution is 8.26.